The Balaban J connectivity index is 4.49. The SMILES string of the molecule is CCCN(CC)C(=O)N(CCC)CC(=O)O. The van der Waals surface area contributed by atoms with E-state index in [1.54, 1.807) is 4.90 Å². The second kappa shape index (κ2) is 7.96. The second-order valence-corrected chi connectivity index (χ2v) is 3.68. The first-order chi connectivity index (χ1) is 7.56. The highest BCUT2D eigenvalue weighted by molar-refractivity contribution is 5.80. The minimum atomic E-state index is -0.964. The molecule has 0 atom stereocenters. The Kier molecular flexibility index (Phi) is 7.33. The molecule has 0 aliphatic heterocycles. The molecule has 5 heteroatoms. The highest BCUT2D eigenvalue weighted by atomic mass is 16.4. The fourth-order valence-corrected chi connectivity index (χ4v) is 1.53. The number of carboxylic acids is 1. The first-order valence-corrected chi connectivity index (χ1v) is 5.82. The minimum Gasteiger partial charge on any atom is -0.480 e. The van der Waals surface area contributed by atoms with E-state index in [0.29, 0.717) is 19.6 Å². The third kappa shape index (κ3) is 5.00. The number of aliphatic carboxylic acids is 1. The van der Waals surface area contributed by atoms with E-state index in [1.165, 1.54) is 4.90 Å². The number of rotatable bonds is 7. The Morgan fingerprint density at radius 1 is 1.00 bits per heavy atom. The van der Waals surface area contributed by atoms with Crippen molar-refractivity contribution in [3.05, 3.63) is 0 Å². The van der Waals surface area contributed by atoms with Crippen LogP contribution in [0, 0.1) is 0 Å². The van der Waals surface area contributed by atoms with E-state index in [0.717, 1.165) is 12.8 Å². The zero-order valence-corrected chi connectivity index (χ0v) is 10.4. The summed E-state index contributed by atoms with van der Waals surface area (Å²) in [7, 11) is 0. The molecule has 0 spiro atoms. The van der Waals surface area contributed by atoms with Crippen LogP contribution in [0.2, 0.25) is 0 Å². The monoisotopic (exact) mass is 230 g/mol. The highest BCUT2D eigenvalue weighted by Crippen LogP contribution is 2.02. The lowest BCUT2D eigenvalue weighted by atomic mass is 10.3. The molecule has 0 radical (unpaired) electrons. The summed E-state index contributed by atoms with van der Waals surface area (Å²) in [5.41, 5.74) is 0. The number of carboxylic acid groups (broad SMARTS) is 1. The summed E-state index contributed by atoms with van der Waals surface area (Å²) >= 11 is 0. The lowest BCUT2D eigenvalue weighted by molar-refractivity contribution is -0.137. The molecule has 0 rings (SSSR count). The van der Waals surface area contributed by atoms with E-state index in [9.17, 15) is 9.59 Å². The van der Waals surface area contributed by atoms with Gasteiger partial charge in [-0.2, -0.15) is 0 Å². The van der Waals surface area contributed by atoms with Crippen LogP contribution in [0.5, 0.6) is 0 Å². The van der Waals surface area contributed by atoms with Crippen molar-refractivity contribution >= 4 is 12.0 Å². The van der Waals surface area contributed by atoms with Gasteiger partial charge in [0.15, 0.2) is 0 Å². The maximum Gasteiger partial charge on any atom is 0.323 e. The average Bonchev–Trinajstić information content (AvgIpc) is 2.23. The topological polar surface area (TPSA) is 60.9 Å². The van der Waals surface area contributed by atoms with Gasteiger partial charge in [-0.1, -0.05) is 13.8 Å². The quantitative estimate of drug-likeness (QED) is 0.723. The summed E-state index contributed by atoms with van der Waals surface area (Å²) < 4.78 is 0. The number of hydrogen-bond donors (Lipinski definition) is 1. The maximum atomic E-state index is 12.0. The van der Waals surface area contributed by atoms with Crippen molar-refractivity contribution in [1.82, 2.24) is 9.80 Å². The standard InChI is InChI=1S/C11H22N2O3/c1-4-7-12(6-3)11(16)13(8-5-2)9-10(14)15/h4-9H2,1-3H3,(H,14,15). The fraction of sp³-hybridized carbons (Fsp3) is 0.818. The van der Waals surface area contributed by atoms with E-state index in [2.05, 4.69) is 0 Å². The summed E-state index contributed by atoms with van der Waals surface area (Å²) in [6.07, 6.45) is 1.65. The van der Waals surface area contributed by atoms with Crippen LogP contribution in [0.3, 0.4) is 0 Å². The summed E-state index contributed by atoms with van der Waals surface area (Å²) in [6, 6.07) is -0.173. The normalized spacial score (nSPS) is 9.94. The zero-order chi connectivity index (χ0) is 12.6. The first-order valence-electron chi connectivity index (χ1n) is 5.82. The number of carbonyl (C=O) groups is 2. The summed E-state index contributed by atoms with van der Waals surface area (Å²) in [5.74, 6) is -0.964. The van der Waals surface area contributed by atoms with Crippen LogP contribution in [0.4, 0.5) is 4.79 Å². The molecule has 0 heterocycles. The molecule has 0 aromatic heterocycles. The molecule has 0 fully saturated rings. The van der Waals surface area contributed by atoms with Gasteiger partial charge in [-0.25, -0.2) is 4.79 Å². The number of urea groups is 1. The lowest BCUT2D eigenvalue weighted by Crippen LogP contribution is -2.45. The molecule has 94 valence electrons. The van der Waals surface area contributed by atoms with Crippen LogP contribution in [-0.4, -0.2) is 53.1 Å². The van der Waals surface area contributed by atoms with E-state index in [1.807, 2.05) is 20.8 Å². The second-order valence-electron chi connectivity index (χ2n) is 3.68. The molecule has 16 heavy (non-hydrogen) atoms. The van der Waals surface area contributed by atoms with Crippen molar-refractivity contribution in [2.45, 2.75) is 33.6 Å². The highest BCUT2D eigenvalue weighted by Gasteiger charge is 2.20. The maximum absolute atomic E-state index is 12.0. The van der Waals surface area contributed by atoms with Crippen molar-refractivity contribution in [2.24, 2.45) is 0 Å². The fourth-order valence-electron chi connectivity index (χ4n) is 1.53. The van der Waals surface area contributed by atoms with Crippen LogP contribution in [0.25, 0.3) is 0 Å². The smallest absolute Gasteiger partial charge is 0.323 e. The molecule has 0 aliphatic rings. The van der Waals surface area contributed by atoms with Crippen LogP contribution < -0.4 is 0 Å². The number of nitrogens with zero attached hydrogens (tertiary/aromatic N) is 2. The molecule has 0 bridgehead atoms. The predicted molar refractivity (Wildman–Crippen MR) is 62.4 cm³/mol. The van der Waals surface area contributed by atoms with E-state index in [-0.39, 0.29) is 12.6 Å². The number of hydrogen-bond acceptors (Lipinski definition) is 2. The van der Waals surface area contributed by atoms with Gasteiger partial charge in [-0.15, -0.1) is 0 Å². The number of amides is 2. The van der Waals surface area contributed by atoms with Crippen molar-refractivity contribution in [3.63, 3.8) is 0 Å². The largest absolute Gasteiger partial charge is 0.480 e. The minimum absolute atomic E-state index is 0.173. The molecule has 0 saturated heterocycles. The van der Waals surface area contributed by atoms with Gasteiger partial charge >= 0.3 is 12.0 Å². The Bertz CT molecular complexity index is 231. The summed E-state index contributed by atoms with van der Waals surface area (Å²) in [4.78, 5) is 25.7. The lowest BCUT2D eigenvalue weighted by Gasteiger charge is -2.28. The van der Waals surface area contributed by atoms with E-state index in [4.69, 9.17) is 5.11 Å². The van der Waals surface area contributed by atoms with Gasteiger partial charge in [0.05, 0.1) is 0 Å². The van der Waals surface area contributed by atoms with Crippen molar-refractivity contribution in [3.8, 4) is 0 Å². The van der Waals surface area contributed by atoms with Crippen molar-refractivity contribution in [1.29, 1.82) is 0 Å². The molecular weight excluding hydrogens is 208 g/mol. The van der Waals surface area contributed by atoms with Gasteiger partial charge in [-0.05, 0) is 19.8 Å². The van der Waals surface area contributed by atoms with E-state index >= 15 is 0 Å². The Morgan fingerprint density at radius 2 is 1.50 bits per heavy atom. The molecule has 1 N–H and O–H groups in total. The predicted octanol–water partition coefficient (Wildman–Crippen LogP) is 1.63. The third-order valence-corrected chi connectivity index (χ3v) is 2.24. The number of carbonyl (C=O) groups excluding carboxylic acids is 1. The van der Waals surface area contributed by atoms with Crippen LogP contribution in [0.1, 0.15) is 33.6 Å². The first kappa shape index (κ1) is 14.7. The molecule has 0 aromatic rings. The van der Waals surface area contributed by atoms with Gasteiger partial charge < -0.3 is 14.9 Å². The van der Waals surface area contributed by atoms with Crippen LogP contribution in [-0.2, 0) is 4.79 Å². The van der Waals surface area contributed by atoms with Gasteiger partial charge in [0.25, 0.3) is 0 Å². The van der Waals surface area contributed by atoms with E-state index < -0.39 is 5.97 Å². The molecule has 0 aliphatic carbocycles. The Morgan fingerprint density at radius 3 is 1.88 bits per heavy atom. The molecule has 2 amide bonds. The van der Waals surface area contributed by atoms with Crippen molar-refractivity contribution in [2.75, 3.05) is 26.2 Å². The van der Waals surface area contributed by atoms with Crippen LogP contribution in [0.15, 0.2) is 0 Å². The molecule has 5 nitrogen and oxygen atoms in total. The third-order valence-electron chi connectivity index (χ3n) is 2.24. The molecule has 0 saturated carbocycles. The zero-order valence-electron chi connectivity index (χ0n) is 10.4. The molecule has 0 aromatic carbocycles. The van der Waals surface area contributed by atoms with Gasteiger partial charge in [0.1, 0.15) is 6.54 Å². The van der Waals surface area contributed by atoms with Gasteiger partial charge in [0.2, 0.25) is 0 Å². The van der Waals surface area contributed by atoms with Crippen LogP contribution >= 0.6 is 0 Å². The molecular formula is C11H22N2O3. The molecule has 0 unspecified atom stereocenters. The summed E-state index contributed by atoms with van der Waals surface area (Å²) in [5, 5.41) is 8.73. The summed E-state index contributed by atoms with van der Waals surface area (Å²) in [6.45, 7) is 7.40. The Hall–Kier alpha value is -1.26. The van der Waals surface area contributed by atoms with Gasteiger partial charge in [0, 0.05) is 19.6 Å². The average molecular weight is 230 g/mol. The van der Waals surface area contributed by atoms with Gasteiger partial charge in [-0.3, -0.25) is 4.79 Å². The van der Waals surface area contributed by atoms with Crippen molar-refractivity contribution < 1.29 is 14.7 Å². The Labute approximate surface area is 97.0 Å².